The Morgan fingerprint density at radius 2 is 2.19 bits per heavy atom. The summed E-state index contributed by atoms with van der Waals surface area (Å²) in [5.74, 6) is 0.753. The lowest BCUT2D eigenvalue weighted by Crippen LogP contribution is -2.43. The number of carbonyl (C=O) groups is 1. The Balaban J connectivity index is 2.54. The number of nitrogens with two attached hydrogens (primary N) is 1. The van der Waals surface area contributed by atoms with E-state index in [1.54, 1.807) is 18.0 Å². The highest BCUT2D eigenvalue weighted by Crippen LogP contribution is 2.38. The van der Waals surface area contributed by atoms with Crippen LogP contribution >= 0.6 is 0 Å². The summed E-state index contributed by atoms with van der Waals surface area (Å²) in [6.07, 6.45) is 0.298. The molecule has 1 aliphatic rings. The Morgan fingerprint density at radius 1 is 1.50 bits per heavy atom. The summed E-state index contributed by atoms with van der Waals surface area (Å²) in [5.41, 5.74) is 8.13. The van der Waals surface area contributed by atoms with Crippen molar-refractivity contribution in [2.75, 3.05) is 17.7 Å². The van der Waals surface area contributed by atoms with Crippen molar-refractivity contribution in [1.82, 2.24) is 0 Å². The van der Waals surface area contributed by atoms with E-state index in [2.05, 4.69) is 0 Å². The van der Waals surface area contributed by atoms with Crippen molar-refractivity contribution in [3.05, 3.63) is 17.7 Å². The molecule has 0 bridgehead atoms. The quantitative estimate of drug-likeness (QED) is 0.733. The molecule has 0 spiro atoms. The van der Waals surface area contributed by atoms with Crippen molar-refractivity contribution >= 4 is 17.3 Å². The summed E-state index contributed by atoms with van der Waals surface area (Å²) in [6.45, 7) is 3.87. The summed E-state index contributed by atoms with van der Waals surface area (Å²) in [7, 11) is 1.76. The van der Waals surface area contributed by atoms with E-state index < -0.39 is 0 Å². The van der Waals surface area contributed by atoms with Crippen LogP contribution in [0.4, 0.5) is 11.4 Å². The van der Waals surface area contributed by atoms with Gasteiger partial charge in [0.25, 0.3) is 5.91 Å². The van der Waals surface area contributed by atoms with E-state index in [1.165, 1.54) is 0 Å². The number of hydrogen-bond donors (Lipinski definition) is 1. The summed E-state index contributed by atoms with van der Waals surface area (Å²) in [5, 5.41) is 0. The van der Waals surface area contributed by atoms with E-state index in [-0.39, 0.29) is 12.0 Å². The second-order valence-corrected chi connectivity index (χ2v) is 4.10. The Kier molecular flexibility index (Phi) is 2.50. The van der Waals surface area contributed by atoms with Gasteiger partial charge in [0.1, 0.15) is 5.75 Å². The Bertz CT molecular complexity index is 443. The van der Waals surface area contributed by atoms with Gasteiger partial charge in [-0.25, -0.2) is 0 Å². The Morgan fingerprint density at radius 3 is 2.81 bits per heavy atom. The summed E-state index contributed by atoms with van der Waals surface area (Å²) >= 11 is 0. The minimum Gasteiger partial charge on any atom is -0.478 e. The summed E-state index contributed by atoms with van der Waals surface area (Å²) in [6, 6.07) is 3.63. The molecule has 16 heavy (non-hydrogen) atoms. The van der Waals surface area contributed by atoms with Gasteiger partial charge in [-0.15, -0.1) is 0 Å². The van der Waals surface area contributed by atoms with Crippen LogP contribution in [0.15, 0.2) is 12.1 Å². The normalized spacial score (nSPS) is 19.3. The molecule has 1 aliphatic heterocycles. The molecule has 0 saturated heterocycles. The maximum Gasteiger partial charge on any atom is 0.267 e. The summed E-state index contributed by atoms with van der Waals surface area (Å²) in [4.78, 5) is 13.5. The molecular formula is C12H16N2O2. The first-order valence-corrected chi connectivity index (χ1v) is 5.39. The van der Waals surface area contributed by atoms with Gasteiger partial charge < -0.3 is 15.4 Å². The second-order valence-electron chi connectivity index (χ2n) is 4.10. The molecule has 0 fully saturated rings. The third-order valence-electron chi connectivity index (χ3n) is 2.88. The first-order valence-electron chi connectivity index (χ1n) is 5.39. The lowest BCUT2D eigenvalue weighted by Gasteiger charge is -2.32. The molecule has 4 nitrogen and oxygen atoms in total. The molecule has 1 unspecified atom stereocenters. The van der Waals surface area contributed by atoms with Crippen molar-refractivity contribution in [3.8, 4) is 5.75 Å². The molecule has 2 N–H and O–H groups in total. The predicted molar refractivity (Wildman–Crippen MR) is 63.7 cm³/mol. The van der Waals surface area contributed by atoms with Gasteiger partial charge in [-0.05, 0) is 31.0 Å². The zero-order chi connectivity index (χ0) is 11.9. The molecule has 0 aromatic heterocycles. The lowest BCUT2D eigenvalue weighted by molar-refractivity contribution is -0.126. The van der Waals surface area contributed by atoms with E-state index >= 15 is 0 Å². The van der Waals surface area contributed by atoms with E-state index in [0.717, 1.165) is 17.0 Å². The number of aryl methyl sites for hydroxylation is 1. The average molecular weight is 220 g/mol. The SMILES string of the molecule is CCC1Oc2c(C)cc(N)cc2N(C)C1=O. The fraction of sp³-hybridized carbons (Fsp3) is 0.417. The van der Waals surface area contributed by atoms with E-state index in [9.17, 15) is 4.79 Å². The molecular weight excluding hydrogens is 204 g/mol. The molecule has 0 saturated carbocycles. The Labute approximate surface area is 95.0 Å². The number of nitrogens with zero attached hydrogens (tertiary/aromatic N) is 1. The topological polar surface area (TPSA) is 55.6 Å². The van der Waals surface area contributed by atoms with Crippen LogP contribution in [0.1, 0.15) is 18.9 Å². The molecule has 86 valence electrons. The van der Waals surface area contributed by atoms with E-state index in [1.807, 2.05) is 19.9 Å². The van der Waals surface area contributed by atoms with Crippen molar-refractivity contribution in [2.45, 2.75) is 26.4 Å². The zero-order valence-corrected chi connectivity index (χ0v) is 9.78. The number of carbonyl (C=O) groups excluding carboxylic acids is 1. The number of likely N-dealkylation sites (N-methyl/N-ethyl adjacent to an activating group) is 1. The van der Waals surface area contributed by atoms with Gasteiger partial charge in [-0.3, -0.25) is 4.79 Å². The van der Waals surface area contributed by atoms with Crippen LogP contribution < -0.4 is 15.4 Å². The minimum absolute atomic E-state index is 0.0139. The summed E-state index contributed by atoms with van der Waals surface area (Å²) < 4.78 is 5.70. The molecule has 1 aromatic rings. The fourth-order valence-electron chi connectivity index (χ4n) is 1.97. The highest BCUT2D eigenvalue weighted by molar-refractivity contribution is 6.00. The van der Waals surface area contributed by atoms with Gasteiger partial charge in [0.2, 0.25) is 0 Å². The van der Waals surface area contributed by atoms with Crippen molar-refractivity contribution in [2.24, 2.45) is 0 Å². The lowest BCUT2D eigenvalue weighted by atomic mass is 10.1. The monoisotopic (exact) mass is 220 g/mol. The van der Waals surface area contributed by atoms with Crippen LogP contribution in [0, 0.1) is 6.92 Å². The fourth-order valence-corrected chi connectivity index (χ4v) is 1.97. The number of benzene rings is 1. The first-order chi connectivity index (χ1) is 7.54. The molecule has 0 radical (unpaired) electrons. The van der Waals surface area contributed by atoms with E-state index in [4.69, 9.17) is 10.5 Å². The number of amides is 1. The zero-order valence-electron chi connectivity index (χ0n) is 9.78. The van der Waals surface area contributed by atoms with Crippen molar-refractivity contribution in [1.29, 1.82) is 0 Å². The number of hydrogen-bond acceptors (Lipinski definition) is 3. The molecule has 1 heterocycles. The van der Waals surface area contributed by atoms with Gasteiger partial charge in [-0.1, -0.05) is 6.92 Å². The molecule has 2 rings (SSSR count). The van der Waals surface area contributed by atoms with Crippen LogP contribution in [-0.4, -0.2) is 19.1 Å². The molecule has 4 heteroatoms. The van der Waals surface area contributed by atoms with Crippen LogP contribution in [-0.2, 0) is 4.79 Å². The number of rotatable bonds is 1. The van der Waals surface area contributed by atoms with Crippen LogP contribution in [0.25, 0.3) is 0 Å². The highest BCUT2D eigenvalue weighted by Gasteiger charge is 2.31. The largest absolute Gasteiger partial charge is 0.478 e. The molecule has 1 atom stereocenters. The number of fused-ring (bicyclic) bond motifs is 1. The number of nitrogen functional groups attached to an aromatic ring is 1. The second kappa shape index (κ2) is 3.70. The van der Waals surface area contributed by atoms with Crippen molar-refractivity contribution < 1.29 is 9.53 Å². The van der Waals surface area contributed by atoms with Crippen molar-refractivity contribution in [3.63, 3.8) is 0 Å². The van der Waals surface area contributed by atoms with Gasteiger partial charge in [0.05, 0.1) is 5.69 Å². The van der Waals surface area contributed by atoms with Gasteiger partial charge in [-0.2, -0.15) is 0 Å². The maximum atomic E-state index is 11.9. The number of ether oxygens (including phenoxy) is 1. The van der Waals surface area contributed by atoms with Gasteiger partial charge >= 0.3 is 0 Å². The van der Waals surface area contributed by atoms with Crippen LogP contribution in [0.5, 0.6) is 5.75 Å². The van der Waals surface area contributed by atoms with Crippen LogP contribution in [0.3, 0.4) is 0 Å². The first kappa shape index (κ1) is 10.8. The van der Waals surface area contributed by atoms with E-state index in [0.29, 0.717) is 12.1 Å². The third kappa shape index (κ3) is 1.50. The maximum absolute atomic E-state index is 11.9. The molecule has 1 aromatic carbocycles. The highest BCUT2D eigenvalue weighted by atomic mass is 16.5. The molecule has 0 aliphatic carbocycles. The Hall–Kier alpha value is -1.71. The predicted octanol–water partition coefficient (Wildman–Crippen LogP) is 1.71. The average Bonchev–Trinajstić information content (AvgIpc) is 2.24. The van der Waals surface area contributed by atoms with Gasteiger partial charge in [0.15, 0.2) is 6.10 Å². The number of anilines is 2. The minimum atomic E-state index is -0.375. The standard InChI is InChI=1S/C12H16N2O2/c1-4-10-12(15)14(3)9-6-8(13)5-7(2)11(9)16-10/h5-6,10H,4,13H2,1-3H3. The molecule has 1 amide bonds. The van der Waals surface area contributed by atoms with Gasteiger partial charge in [0, 0.05) is 12.7 Å². The van der Waals surface area contributed by atoms with Crippen LogP contribution in [0.2, 0.25) is 0 Å². The third-order valence-corrected chi connectivity index (χ3v) is 2.88. The smallest absolute Gasteiger partial charge is 0.267 e.